The molecule has 0 fully saturated rings. The molecule has 2 N–H and O–H groups in total. The zero-order valence-electron chi connectivity index (χ0n) is 8.33. The Kier molecular flexibility index (Phi) is 2.66. The minimum absolute atomic E-state index is 0.0958. The molecule has 0 radical (unpaired) electrons. The molecule has 5 nitrogen and oxygen atoms in total. The fourth-order valence-electron chi connectivity index (χ4n) is 1.21. The van der Waals surface area contributed by atoms with Gasteiger partial charge in [0.1, 0.15) is 12.4 Å². The van der Waals surface area contributed by atoms with Crippen molar-refractivity contribution in [1.82, 2.24) is 0 Å². The zero-order chi connectivity index (χ0) is 11.6. The molecule has 6 heteroatoms. The molecule has 1 aromatic carbocycles. The van der Waals surface area contributed by atoms with Crippen molar-refractivity contribution < 1.29 is 13.2 Å². The number of benzene rings is 1. The van der Waals surface area contributed by atoms with Crippen molar-refractivity contribution in [3.05, 3.63) is 40.9 Å². The summed E-state index contributed by atoms with van der Waals surface area (Å²) in [5.74, 6) is 0.653. The Balaban J connectivity index is 2.09. The maximum atomic E-state index is 11.1. The highest BCUT2D eigenvalue weighted by Gasteiger charge is 2.22. The van der Waals surface area contributed by atoms with Gasteiger partial charge in [0.25, 0.3) is 10.0 Å². The van der Waals surface area contributed by atoms with Crippen LogP contribution in [0.25, 0.3) is 0 Å². The molecule has 1 aliphatic rings. The van der Waals surface area contributed by atoms with Gasteiger partial charge in [-0.2, -0.15) is 12.8 Å². The minimum Gasteiger partial charge on any atom is -0.489 e. The predicted molar refractivity (Wildman–Crippen MR) is 60.6 cm³/mol. The Hall–Kier alpha value is -1.82. The van der Waals surface area contributed by atoms with Crippen LogP contribution in [-0.4, -0.2) is 21.2 Å². The predicted octanol–water partition coefficient (Wildman–Crippen LogP) is 0.650. The van der Waals surface area contributed by atoms with E-state index in [0.29, 0.717) is 11.3 Å². The maximum Gasteiger partial charge on any atom is 0.297 e. The molecule has 1 aliphatic heterocycles. The first kappa shape index (κ1) is 10.7. The highest BCUT2D eigenvalue weighted by atomic mass is 32.2. The Labute approximate surface area is 93.3 Å². The standard InChI is InChI=1S/C10H10N2O3S/c11-10-8(6-12-16(10,13)14)7-15-9-4-2-1-3-5-9/h1-6H,7,11H2. The van der Waals surface area contributed by atoms with Crippen LogP contribution in [0, 0.1) is 0 Å². The molecule has 84 valence electrons. The van der Waals surface area contributed by atoms with E-state index in [-0.39, 0.29) is 11.6 Å². The quantitative estimate of drug-likeness (QED) is 0.838. The van der Waals surface area contributed by atoms with Crippen LogP contribution in [0.5, 0.6) is 5.75 Å². The second kappa shape index (κ2) is 3.97. The van der Waals surface area contributed by atoms with Crippen molar-refractivity contribution >= 4 is 16.2 Å². The lowest BCUT2D eigenvalue weighted by Gasteiger charge is -2.04. The van der Waals surface area contributed by atoms with E-state index in [2.05, 4.69) is 4.40 Å². The van der Waals surface area contributed by atoms with Crippen molar-refractivity contribution in [2.24, 2.45) is 10.1 Å². The molecule has 2 rings (SSSR count). The Morgan fingerprint density at radius 1 is 1.25 bits per heavy atom. The van der Waals surface area contributed by atoms with Gasteiger partial charge in [0, 0.05) is 5.57 Å². The van der Waals surface area contributed by atoms with E-state index in [1.165, 1.54) is 6.21 Å². The van der Waals surface area contributed by atoms with Gasteiger partial charge in [0.05, 0.1) is 6.21 Å². The molecule has 0 amide bonds. The molecule has 0 saturated heterocycles. The summed E-state index contributed by atoms with van der Waals surface area (Å²) < 4.78 is 31.0. The van der Waals surface area contributed by atoms with E-state index in [0.717, 1.165) is 0 Å². The van der Waals surface area contributed by atoms with Crippen LogP contribution in [0.1, 0.15) is 0 Å². The van der Waals surface area contributed by atoms with Crippen molar-refractivity contribution in [2.45, 2.75) is 0 Å². The first-order valence-electron chi connectivity index (χ1n) is 4.56. The molecule has 0 atom stereocenters. The van der Waals surface area contributed by atoms with E-state index in [9.17, 15) is 8.42 Å². The second-order valence-corrected chi connectivity index (χ2v) is 4.80. The minimum atomic E-state index is -3.63. The lowest BCUT2D eigenvalue weighted by Crippen LogP contribution is -2.11. The summed E-state index contributed by atoms with van der Waals surface area (Å²) in [6.45, 7) is 0.0958. The second-order valence-electron chi connectivity index (χ2n) is 3.20. The van der Waals surface area contributed by atoms with E-state index < -0.39 is 10.0 Å². The van der Waals surface area contributed by atoms with Gasteiger partial charge in [-0.25, -0.2) is 0 Å². The van der Waals surface area contributed by atoms with Gasteiger partial charge < -0.3 is 10.5 Å². The van der Waals surface area contributed by atoms with Gasteiger partial charge in [-0.15, -0.1) is 0 Å². The molecule has 0 aromatic heterocycles. The summed E-state index contributed by atoms with van der Waals surface area (Å²) in [5.41, 5.74) is 5.79. The molecule has 1 aromatic rings. The number of sulfonamides is 1. The van der Waals surface area contributed by atoms with E-state index in [4.69, 9.17) is 10.5 Å². The van der Waals surface area contributed by atoms with Gasteiger partial charge in [-0.1, -0.05) is 18.2 Å². The summed E-state index contributed by atoms with van der Waals surface area (Å²) in [6, 6.07) is 9.07. The monoisotopic (exact) mass is 238 g/mol. The third-order valence-corrected chi connectivity index (χ3v) is 3.28. The maximum absolute atomic E-state index is 11.1. The Morgan fingerprint density at radius 3 is 2.50 bits per heavy atom. The van der Waals surface area contributed by atoms with Crippen LogP contribution in [0.4, 0.5) is 0 Å². The van der Waals surface area contributed by atoms with Crippen LogP contribution in [0.2, 0.25) is 0 Å². The molecule has 0 saturated carbocycles. The Morgan fingerprint density at radius 2 is 1.94 bits per heavy atom. The van der Waals surface area contributed by atoms with E-state index in [1.807, 2.05) is 18.2 Å². The third-order valence-electron chi connectivity index (χ3n) is 2.08. The number of rotatable bonds is 3. The lowest BCUT2D eigenvalue weighted by atomic mass is 10.3. The normalized spacial score (nSPS) is 17.8. The highest BCUT2D eigenvalue weighted by Crippen LogP contribution is 2.16. The largest absolute Gasteiger partial charge is 0.489 e. The summed E-state index contributed by atoms with van der Waals surface area (Å²) in [6.07, 6.45) is 1.22. The van der Waals surface area contributed by atoms with Crippen LogP contribution in [0.15, 0.2) is 45.3 Å². The third kappa shape index (κ3) is 2.06. The molecule has 0 spiro atoms. The number of hydrogen-bond donors (Lipinski definition) is 1. The van der Waals surface area contributed by atoms with Gasteiger partial charge in [0.15, 0.2) is 5.03 Å². The first-order valence-corrected chi connectivity index (χ1v) is 6.00. The average Bonchev–Trinajstić information content (AvgIpc) is 2.54. The molecular weight excluding hydrogens is 228 g/mol. The number of nitrogens with two attached hydrogens (primary N) is 1. The fourth-order valence-corrected chi connectivity index (χ4v) is 2.03. The highest BCUT2D eigenvalue weighted by molar-refractivity contribution is 7.94. The summed E-state index contributed by atoms with van der Waals surface area (Å²) in [4.78, 5) is 0. The van der Waals surface area contributed by atoms with Crippen molar-refractivity contribution in [3.63, 3.8) is 0 Å². The topological polar surface area (TPSA) is 81.8 Å². The SMILES string of the molecule is NC1=C(COc2ccccc2)C=NS1(=O)=O. The summed E-state index contributed by atoms with van der Waals surface area (Å²) in [7, 11) is -3.63. The Bertz CT molecular complexity index is 547. The van der Waals surface area contributed by atoms with Gasteiger partial charge in [0.2, 0.25) is 0 Å². The van der Waals surface area contributed by atoms with Crippen molar-refractivity contribution in [1.29, 1.82) is 0 Å². The van der Waals surface area contributed by atoms with Gasteiger partial charge in [-0.3, -0.25) is 0 Å². The molecule has 0 bridgehead atoms. The smallest absolute Gasteiger partial charge is 0.297 e. The fraction of sp³-hybridized carbons (Fsp3) is 0.100. The van der Waals surface area contributed by atoms with Gasteiger partial charge >= 0.3 is 0 Å². The molecule has 0 unspecified atom stereocenters. The van der Waals surface area contributed by atoms with E-state index >= 15 is 0 Å². The molecular formula is C10H10N2O3S. The van der Waals surface area contributed by atoms with Crippen molar-refractivity contribution in [2.75, 3.05) is 6.61 Å². The summed E-state index contributed by atoms with van der Waals surface area (Å²) >= 11 is 0. The van der Waals surface area contributed by atoms with Gasteiger partial charge in [-0.05, 0) is 12.1 Å². The molecule has 0 aliphatic carbocycles. The zero-order valence-corrected chi connectivity index (χ0v) is 9.15. The lowest BCUT2D eigenvalue weighted by molar-refractivity contribution is 0.357. The number of ether oxygens (including phenoxy) is 1. The molecule has 1 heterocycles. The van der Waals surface area contributed by atoms with Crippen LogP contribution in [-0.2, 0) is 10.0 Å². The summed E-state index contributed by atoms with van der Waals surface area (Å²) in [5, 5.41) is -0.233. The molecule has 16 heavy (non-hydrogen) atoms. The van der Waals surface area contributed by atoms with E-state index in [1.54, 1.807) is 12.1 Å². The van der Waals surface area contributed by atoms with Crippen LogP contribution < -0.4 is 10.5 Å². The van der Waals surface area contributed by atoms with Crippen molar-refractivity contribution in [3.8, 4) is 5.75 Å². The average molecular weight is 238 g/mol. The first-order chi connectivity index (χ1) is 7.59. The number of para-hydroxylation sites is 1. The number of nitrogens with zero attached hydrogens (tertiary/aromatic N) is 1. The van der Waals surface area contributed by atoms with Crippen LogP contribution in [0.3, 0.4) is 0 Å². The van der Waals surface area contributed by atoms with Crippen LogP contribution >= 0.6 is 0 Å². The number of hydrogen-bond acceptors (Lipinski definition) is 4.